The van der Waals surface area contributed by atoms with Crippen LogP contribution in [0.2, 0.25) is 0 Å². The lowest BCUT2D eigenvalue weighted by atomic mass is 10.2. The number of nitrogens with zero attached hydrogens (tertiary/aromatic N) is 5. The van der Waals surface area contributed by atoms with Crippen molar-refractivity contribution >= 4 is 29.5 Å². The zero-order chi connectivity index (χ0) is 20.9. The Morgan fingerprint density at radius 3 is 2.10 bits per heavy atom. The number of likely N-dealkylation sites (N-methyl/N-ethyl adjacent to an activating group) is 1. The average molecular weight is 411 g/mol. The molecule has 0 unspecified atom stereocenters. The molecule has 8 nitrogen and oxygen atoms in total. The third-order valence-electron chi connectivity index (χ3n) is 5.58. The maximum atomic E-state index is 6.59. The van der Waals surface area contributed by atoms with Gasteiger partial charge in [0.1, 0.15) is 11.4 Å². The van der Waals surface area contributed by atoms with E-state index in [1.165, 1.54) is 0 Å². The molecule has 4 rings (SSSR count). The van der Waals surface area contributed by atoms with Crippen LogP contribution in [0, 0.1) is 0 Å². The number of nitrogens with two attached hydrogens (primary N) is 1. The average Bonchev–Trinajstić information content (AvgIpc) is 2.80. The number of hydrogen-bond donors (Lipinski definition) is 1. The third kappa shape index (κ3) is 4.66. The van der Waals surface area contributed by atoms with Gasteiger partial charge in [-0.2, -0.15) is 0 Å². The van der Waals surface area contributed by atoms with Crippen molar-refractivity contribution in [2.24, 2.45) is 0 Å². The van der Waals surface area contributed by atoms with Crippen LogP contribution in [0.5, 0.6) is 5.75 Å². The number of rotatable bonds is 5. The lowest BCUT2D eigenvalue weighted by Crippen LogP contribution is -2.45. The smallest absolute Gasteiger partial charge is 0.158 e. The summed E-state index contributed by atoms with van der Waals surface area (Å²) in [6.07, 6.45) is 3.96. The number of hydrogen-bond acceptors (Lipinski definition) is 8. The summed E-state index contributed by atoms with van der Waals surface area (Å²) < 4.78 is 10.7. The van der Waals surface area contributed by atoms with E-state index in [0.717, 1.165) is 62.2 Å². The SMILES string of the molecule is COc1ccc(/C=C/c2nc(N3CCOCC3)c(N)c(N3CCN(C)CC3)n2)cc1. The van der Waals surface area contributed by atoms with Gasteiger partial charge >= 0.3 is 0 Å². The lowest BCUT2D eigenvalue weighted by Gasteiger charge is -2.35. The highest BCUT2D eigenvalue weighted by atomic mass is 16.5. The van der Waals surface area contributed by atoms with Crippen molar-refractivity contribution in [1.82, 2.24) is 14.9 Å². The largest absolute Gasteiger partial charge is 0.497 e. The molecule has 3 heterocycles. The van der Waals surface area contributed by atoms with Crippen LogP contribution in [0.4, 0.5) is 17.3 Å². The van der Waals surface area contributed by atoms with Crippen LogP contribution in [0.25, 0.3) is 12.2 Å². The molecule has 0 aliphatic carbocycles. The summed E-state index contributed by atoms with van der Waals surface area (Å²) >= 11 is 0. The molecule has 1 aromatic heterocycles. The molecule has 0 saturated carbocycles. The van der Waals surface area contributed by atoms with Crippen LogP contribution >= 0.6 is 0 Å². The van der Waals surface area contributed by atoms with Crippen molar-refractivity contribution < 1.29 is 9.47 Å². The summed E-state index contributed by atoms with van der Waals surface area (Å²) in [5, 5.41) is 0. The number of aromatic nitrogens is 2. The fourth-order valence-corrected chi connectivity index (χ4v) is 3.70. The minimum absolute atomic E-state index is 0.656. The van der Waals surface area contributed by atoms with Gasteiger partial charge in [0.2, 0.25) is 0 Å². The Bertz CT molecular complexity index is 872. The van der Waals surface area contributed by atoms with E-state index in [9.17, 15) is 0 Å². The van der Waals surface area contributed by atoms with Crippen LogP contribution in [-0.4, -0.2) is 81.5 Å². The molecule has 2 saturated heterocycles. The first-order valence-corrected chi connectivity index (χ1v) is 10.4. The molecule has 0 bridgehead atoms. The van der Waals surface area contributed by atoms with Crippen LogP contribution in [-0.2, 0) is 4.74 Å². The first kappa shape index (κ1) is 20.4. The third-order valence-corrected chi connectivity index (χ3v) is 5.58. The second-order valence-electron chi connectivity index (χ2n) is 7.64. The quantitative estimate of drug-likeness (QED) is 0.800. The van der Waals surface area contributed by atoms with E-state index in [1.54, 1.807) is 7.11 Å². The highest BCUT2D eigenvalue weighted by Crippen LogP contribution is 2.31. The van der Waals surface area contributed by atoms with Gasteiger partial charge in [-0.3, -0.25) is 0 Å². The van der Waals surface area contributed by atoms with Gasteiger partial charge in [-0.25, -0.2) is 9.97 Å². The molecule has 2 aromatic rings. The molecule has 0 spiro atoms. The van der Waals surface area contributed by atoms with Crippen molar-refractivity contribution in [3.05, 3.63) is 35.7 Å². The van der Waals surface area contributed by atoms with Crippen molar-refractivity contribution in [2.45, 2.75) is 0 Å². The first-order chi connectivity index (χ1) is 14.6. The van der Waals surface area contributed by atoms with Gasteiger partial charge in [0.05, 0.1) is 20.3 Å². The lowest BCUT2D eigenvalue weighted by molar-refractivity contribution is 0.122. The molecule has 0 atom stereocenters. The highest BCUT2D eigenvalue weighted by molar-refractivity contribution is 5.79. The number of methoxy groups -OCH3 is 1. The minimum Gasteiger partial charge on any atom is -0.497 e. The Morgan fingerprint density at radius 2 is 1.50 bits per heavy atom. The summed E-state index contributed by atoms with van der Waals surface area (Å²) in [4.78, 5) is 16.4. The summed E-state index contributed by atoms with van der Waals surface area (Å²) in [5.41, 5.74) is 8.30. The van der Waals surface area contributed by atoms with Gasteiger partial charge in [-0.05, 0) is 30.8 Å². The van der Waals surface area contributed by atoms with Crippen LogP contribution < -0.4 is 20.3 Å². The van der Waals surface area contributed by atoms with Gasteiger partial charge in [0.15, 0.2) is 17.5 Å². The molecular formula is C22H30N6O2. The summed E-state index contributed by atoms with van der Waals surface area (Å²) in [7, 11) is 3.81. The van der Waals surface area contributed by atoms with Crippen molar-refractivity contribution in [2.75, 3.05) is 82.2 Å². The normalized spacial score (nSPS) is 18.2. The fraction of sp³-hybridized carbons (Fsp3) is 0.455. The molecular weight excluding hydrogens is 380 g/mol. The first-order valence-electron chi connectivity index (χ1n) is 10.4. The van der Waals surface area contributed by atoms with E-state index in [4.69, 9.17) is 25.2 Å². The zero-order valence-electron chi connectivity index (χ0n) is 17.8. The molecule has 0 radical (unpaired) electrons. The molecule has 2 N–H and O–H groups in total. The highest BCUT2D eigenvalue weighted by Gasteiger charge is 2.24. The number of morpholine rings is 1. The molecule has 1 aromatic carbocycles. The number of benzene rings is 1. The zero-order valence-corrected chi connectivity index (χ0v) is 17.8. The van der Waals surface area contributed by atoms with Crippen LogP contribution in [0.15, 0.2) is 24.3 Å². The maximum absolute atomic E-state index is 6.59. The van der Waals surface area contributed by atoms with Crippen molar-refractivity contribution in [1.29, 1.82) is 0 Å². The number of ether oxygens (including phenoxy) is 2. The summed E-state index contributed by atoms with van der Waals surface area (Å²) in [6, 6.07) is 7.91. The van der Waals surface area contributed by atoms with Crippen molar-refractivity contribution in [3.8, 4) is 5.75 Å². The predicted molar refractivity (Wildman–Crippen MR) is 121 cm³/mol. The molecule has 30 heavy (non-hydrogen) atoms. The Labute approximate surface area is 177 Å². The van der Waals surface area contributed by atoms with Gasteiger partial charge in [0.25, 0.3) is 0 Å². The summed E-state index contributed by atoms with van der Waals surface area (Å²) in [5.74, 6) is 3.13. The predicted octanol–water partition coefficient (Wildman–Crippen LogP) is 1.83. The van der Waals surface area contributed by atoms with Gasteiger partial charge in [-0.15, -0.1) is 0 Å². The fourth-order valence-electron chi connectivity index (χ4n) is 3.70. The number of piperazine rings is 1. The Morgan fingerprint density at radius 1 is 0.900 bits per heavy atom. The molecule has 2 fully saturated rings. The van der Waals surface area contributed by atoms with E-state index < -0.39 is 0 Å². The Balaban J connectivity index is 1.65. The van der Waals surface area contributed by atoms with Gasteiger partial charge in [-0.1, -0.05) is 18.2 Å². The standard InChI is InChI=1S/C22H30N6O2/c1-26-9-11-27(12-10-26)21-20(23)22(28-13-15-30-16-14-28)25-19(24-21)8-5-17-3-6-18(29-2)7-4-17/h3-8H,9-16,23H2,1-2H3/b8-5+. The van der Waals surface area contributed by atoms with Crippen molar-refractivity contribution in [3.63, 3.8) is 0 Å². The minimum atomic E-state index is 0.656. The van der Waals surface area contributed by atoms with E-state index >= 15 is 0 Å². The number of nitrogen functional groups attached to an aromatic ring is 1. The maximum Gasteiger partial charge on any atom is 0.158 e. The number of anilines is 3. The molecule has 2 aliphatic rings. The molecule has 0 amide bonds. The second kappa shape index (κ2) is 9.32. The Kier molecular flexibility index (Phi) is 6.35. The molecule has 160 valence electrons. The monoisotopic (exact) mass is 410 g/mol. The summed E-state index contributed by atoms with van der Waals surface area (Å²) in [6.45, 7) is 6.73. The van der Waals surface area contributed by atoms with E-state index in [1.807, 2.05) is 36.4 Å². The topological polar surface area (TPSA) is 80.0 Å². The van der Waals surface area contributed by atoms with E-state index in [2.05, 4.69) is 21.7 Å². The van der Waals surface area contributed by atoms with Gasteiger partial charge in [0, 0.05) is 39.3 Å². The molecule has 2 aliphatic heterocycles. The Hall–Kier alpha value is -2.84. The van der Waals surface area contributed by atoms with E-state index in [0.29, 0.717) is 24.7 Å². The van der Waals surface area contributed by atoms with E-state index in [-0.39, 0.29) is 0 Å². The second-order valence-corrected chi connectivity index (χ2v) is 7.64. The molecule has 8 heteroatoms. The van der Waals surface area contributed by atoms with Gasteiger partial charge < -0.3 is 29.9 Å². The van der Waals surface area contributed by atoms with Crippen LogP contribution in [0.1, 0.15) is 11.4 Å². The van der Waals surface area contributed by atoms with Crippen LogP contribution in [0.3, 0.4) is 0 Å².